The number of halogens is 2. The van der Waals surface area contributed by atoms with Crippen molar-refractivity contribution in [2.45, 2.75) is 25.8 Å². The van der Waals surface area contributed by atoms with Crippen LogP contribution in [0.2, 0.25) is 0 Å². The smallest absolute Gasteiger partial charge is 0.174 e. The van der Waals surface area contributed by atoms with Gasteiger partial charge in [-0.2, -0.15) is 0 Å². The molecule has 0 saturated heterocycles. The summed E-state index contributed by atoms with van der Waals surface area (Å²) in [5, 5.41) is 7.93. The number of rotatable bonds is 9. The van der Waals surface area contributed by atoms with Crippen molar-refractivity contribution in [2.75, 3.05) is 46.8 Å². The Morgan fingerprint density at radius 3 is 2.79 bits per heavy atom. The van der Waals surface area contributed by atoms with Gasteiger partial charge in [0, 0.05) is 26.1 Å². The zero-order valence-electron chi connectivity index (χ0n) is 14.9. The summed E-state index contributed by atoms with van der Waals surface area (Å²) >= 11 is 0. The van der Waals surface area contributed by atoms with Gasteiger partial charge in [0.15, 0.2) is 24.7 Å². The SMILES string of the molecule is CCCC[N+]1=NC(c2ccc(F)c(F)c2)C(CN(C)CCNC)C1. The van der Waals surface area contributed by atoms with Gasteiger partial charge in [0.05, 0.1) is 5.92 Å². The van der Waals surface area contributed by atoms with Crippen LogP contribution in [0.5, 0.6) is 0 Å². The highest BCUT2D eigenvalue weighted by Gasteiger charge is 2.37. The van der Waals surface area contributed by atoms with Crippen molar-refractivity contribution in [3.8, 4) is 0 Å². The lowest BCUT2D eigenvalue weighted by atomic mass is 9.94. The van der Waals surface area contributed by atoms with Gasteiger partial charge < -0.3 is 10.2 Å². The fourth-order valence-corrected chi connectivity index (χ4v) is 3.16. The molecule has 4 nitrogen and oxygen atoms in total. The van der Waals surface area contributed by atoms with Gasteiger partial charge in [-0.15, -0.1) is 4.70 Å². The van der Waals surface area contributed by atoms with Crippen LogP contribution >= 0.6 is 0 Å². The maximum Gasteiger partial charge on any atom is 0.174 e. The Bertz CT molecular complexity index is 562. The van der Waals surface area contributed by atoms with Crippen molar-refractivity contribution in [3.63, 3.8) is 0 Å². The van der Waals surface area contributed by atoms with Crippen LogP contribution in [0.15, 0.2) is 23.3 Å². The molecule has 1 N–H and O–H groups in total. The quantitative estimate of drug-likeness (QED) is 0.701. The lowest BCUT2D eigenvalue weighted by Gasteiger charge is -2.21. The summed E-state index contributed by atoms with van der Waals surface area (Å²) in [4.78, 5) is 2.27. The van der Waals surface area contributed by atoms with Gasteiger partial charge in [0.2, 0.25) is 0 Å². The molecule has 0 amide bonds. The van der Waals surface area contributed by atoms with Crippen molar-refractivity contribution in [1.29, 1.82) is 0 Å². The van der Waals surface area contributed by atoms with E-state index in [4.69, 9.17) is 5.11 Å². The van der Waals surface area contributed by atoms with Crippen molar-refractivity contribution in [3.05, 3.63) is 35.4 Å². The summed E-state index contributed by atoms with van der Waals surface area (Å²) in [6, 6.07) is 4.06. The monoisotopic (exact) mass is 339 g/mol. The van der Waals surface area contributed by atoms with Gasteiger partial charge in [-0.3, -0.25) is 0 Å². The molecule has 2 unspecified atom stereocenters. The number of unbranched alkanes of at least 4 members (excludes halogenated alkanes) is 1. The lowest BCUT2D eigenvalue weighted by Crippen LogP contribution is -2.34. The van der Waals surface area contributed by atoms with E-state index >= 15 is 0 Å². The zero-order valence-corrected chi connectivity index (χ0v) is 14.9. The Labute approximate surface area is 143 Å². The second kappa shape index (κ2) is 9.18. The highest BCUT2D eigenvalue weighted by molar-refractivity contribution is 5.22. The third-order valence-corrected chi connectivity index (χ3v) is 4.52. The molecule has 1 aromatic rings. The molecule has 0 spiro atoms. The molecule has 0 fully saturated rings. The molecule has 2 rings (SSSR count). The first-order valence-corrected chi connectivity index (χ1v) is 8.79. The summed E-state index contributed by atoms with van der Waals surface area (Å²) in [6.45, 7) is 6.71. The van der Waals surface area contributed by atoms with Gasteiger partial charge in [0.1, 0.15) is 6.04 Å². The summed E-state index contributed by atoms with van der Waals surface area (Å²) in [7, 11) is 4.03. The van der Waals surface area contributed by atoms with Crippen LogP contribution in [0.25, 0.3) is 0 Å². The van der Waals surface area contributed by atoms with Gasteiger partial charge in [-0.1, -0.05) is 19.4 Å². The third-order valence-electron chi connectivity index (χ3n) is 4.52. The average Bonchev–Trinajstić information content (AvgIpc) is 2.96. The third kappa shape index (κ3) is 5.05. The second-order valence-corrected chi connectivity index (χ2v) is 6.63. The standard InChI is InChI=1S/C18H29F2N4/c1-4-5-9-24-13-15(12-23(3)10-8-21-2)18(22-24)14-6-7-16(19)17(20)11-14/h6-7,11,15,18,21H,4-5,8-10,12-13H2,1-3H3/q+1. The fraction of sp³-hybridized carbons (Fsp3) is 0.667. The van der Waals surface area contributed by atoms with Gasteiger partial charge in [0.25, 0.3) is 0 Å². The van der Waals surface area contributed by atoms with Gasteiger partial charge in [-0.25, -0.2) is 8.78 Å². The van der Waals surface area contributed by atoms with Crippen LogP contribution < -0.4 is 5.32 Å². The highest BCUT2D eigenvalue weighted by atomic mass is 19.2. The van der Waals surface area contributed by atoms with Crippen LogP contribution in [-0.2, 0) is 0 Å². The van der Waals surface area contributed by atoms with E-state index in [0.717, 1.165) is 51.1 Å². The molecule has 2 atom stereocenters. The van der Waals surface area contributed by atoms with E-state index in [-0.39, 0.29) is 12.0 Å². The number of likely N-dealkylation sites (N-methyl/N-ethyl adjacent to an activating group) is 2. The van der Waals surface area contributed by atoms with Crippen LogP contribution in [-0.4, -0.2) is 56.4 Å². The van der Waals surface area contributed by atoms with E-state index in [1.165, 1.54) is 12.1 Å². The molecule has 134 valence electrons. The zero-order chi connectivity index (χ0) is 17.5. The summed E-state index contributed by atoms with van der Waals surface area (Å²) in [5.74, 6) is -1.31. The molecule has 1 aliphatic heterocycles. The summed E-state index contributed by atoms with van der Waals surface area (Å²) < 4.78 is 29.0. The topological polar surface area (TPSA) is 30.6 Å². The number of azo groups is 2. The van der Waals surface area contributed by atoms with Crippen LogP contribution in [0.1, 0.15) is 31.4 Å². The van der Waals surface area contributed by atoms with E-state index in [1.54, 1.807) is 6.07 Å². The predicted octanol–water partition coefficient (Wildman–Crippen LogP) is 3.05. The van der Waals surface area contributed by atoms with Gasteiger partial charge >= 0.3 is 0 Å². The number of hydrogen-bond donors (Lipinski definition) is 1. The van der Waals surface area contributed by atoms with E-state index < -0.39 is 11.6 Å². The number of nitrogens with zero attached hydrogens (tertiary/aromatic N) is 3. The summed E-state index contributed by atoms with van der Waals surface area (Å²) in [5.41, 5.74) is 0.764. The van der Waals surface area contributed by atoms with Crippen molar-refractivity contribution in [1.82, 2.24) is 10.2 Å². The molecule has 0 saturated carbocycles. The first-order valence-electron chi connectivity index (χ1n) is 8.79. The minimum Gasteiger partial charge on any atom is -0.318 e. The molecule has 1 aromatic carbocycles. The molecule has 0 aromatic heterocycles. The first kappa shape index (κ1) is 18.9. The Balaban J connectivity index is 2.13. The predicted molar refractivity (Wildman–Crippen MR) is 91.3 cm³/mol. The highest BCUT2D eigenvalue weighted by Crippen LogP contribution is 2.33. The number of benzene rings is 1. The molecule has 1 heterocycles. The molecule has 0 bridgehead atoms. The largest absolute Gasteiger partial charge is 0.318 e. The molecular weight excluding hydrogens is 310 g/mol. The van der Waals surface area contributed by atoms with Crippen LogP contribution in [0.4, 0.5) is 8.78 Å². The normalized spacial score (nSPS) is 20.7. The molecule has 0 radical (unpaired) electrons. The number of hydrogen-bond acceptors (Lipinski definition) is 3. The molecule has 0 aliphatic carbocycles. The van der Waals surface area contributed by atoms with Crippen molar-refractivity contribution in [2.24, 2.45) is 11.0 Å². The average molecular weight is 339 g/mol. The van der Waals surface area contributed by atoms with Crippen molar-refractivity contribution >= 4 is 0 Å². The first-order chi connectivity index (χ1) is 11.5. The Morgan fingerprint density at radius 1 is 1.33 bits per heavy atom. The second-order valence-electron chi connectivity index (χ2n) is 6.63. The minimum atomic E-state index is -0.803. The lowest BCUT2D eigenvalue weighted by molar-refractivity contribution is -0.585. The Morgan fingerprint density at radius 2 is 2.12 bits per heavy atom. The van der Waals surface area contributed by atoms with E-state index in [9.17, 15) is 8.78 Å². The molecule has 24 heavy (non-hydrogen) atoms. The Hall–Kier alpha value is -1.40. The molecule has 1 aliphatic rings. The Kier molecular flexibility index (Phi) is 7.24. The van der Waals surface area contributed by atoms with E-state index in [0.29, 0.717) is 0 Å². The van der Waals surface area contributed by atoms with Crippen molar-refractivity contribution < 1.29 is 13.5 Å². The van der Waals surface area contributed by atoms with Crippen LogP contribution in [0, 0.1) is 17.6 Å². The van der Waals surface area contributed by atoms with E-state index in [1.807, 2.05) is 7.05 Å². The van der Waals surface area contributed by atoms with E-state index in [2.05, 4.69) is 28.9 Å². The maximum absolute atomic E-state index is 13.6. The molecule has 6 heteroatoms. The fourth-order valence-electron chi connectivity index (χ4n) is 3.16. The molecular formula is C18H29F2N4+. The summed E-state index contributed by atoms with van der Waals surface area (Å²) in [6.07, 6.45) is 2.21. The minimum absolute atomic E-state index is 0.103. The number of nitrogens with one attached hydrogen (secondary N) is 1. The van der Waals surface area contributed by atoms with Gasteiger partial charge in [-0.05, 0) is 36.9 Å². The van der Waals surface area contributed by atoms with Crippen LogP contribution in [0.3, 0.4) is 0 Å². The maximum atomic E-state index is 13.6.